The van der Waals surface area contributed by atoms with Gasteiger partial charge < -0.3 is 19.7 Å². The highest BCUT2D eigenvalue weighted by Gasteiger charge is 2.12. The standard InChI is InChI=1S/C15H15NO4/c17-13(11-20-14-4-2-1-3-5-14)10-16-8-6-12(7-9-16)15(18)19/h1-9,13,17H,10-11H2. The molecule has 2 rings (SSSR count). The zero-order valence-electron chi connectivity index (χ0n) is 10.8. The fraction of sp³-hybridized carbons (Fsp3) is 0.200. The van der Waals surface area contributed by atoms with Gasteiger partial charge in [0.15, 0.2) is 18.9 Å². The van der Waals surface area contributed by atoms with Gasteiger partial charge in [-0.2, -0.15) is 0 Å². The van der Waals surface area contributed by atoms with Gasteiger partial charge in [0.25, 0.3) is 0 Å². The molecule has 5 heteroatoms. The number of carbonyl (C=O) groups is 1. The number of hydrogen-bond donors (Lipinski definition) is 1. The number of benzene rings is 1. The van der Waals surface area contributed by atoms with Gasteiger partial charge >= 0.3 is 0 Å². The predicted molar refractivity (Wildman–Crippen MR) is 68.9 cm³/mol. The minimum absolute atomic E-state index is 0.108. The molecule has 0 amide bonds. The van der Waals surface area contributed by atoms with Crippen LogP contribution < -0.4 is 14.4 Å². The van der Waals surface area contributed by atoms with Crippen LogP contribution in [-0.2, 0) is 6.54 Å². The van der Waals surface area contributed by atoms with Crippen LogP contribution in [0.15, 0.2) is 54.9 Å². The number of hydrogen-bond acceptors (Lipinski definition) is 4. The number of nitrogens with zero attached hydrogens (tertiary/aromatic N) is 1. The fourth-order valence-electron chi connectivity index (χ4n) is 1.72. The average Bonchev–Trinajstić information content (AvgIpc) is 2.47. The number of carbonyl (C=O) groups excluding carboxylic acids is 1. The van der Waals surface area contributed by atoms with Crippen molar-refractivity contribution in [3.05, 3.63) is 60.4 Å². The predicted octanol–water partition coefficient (Wildman–Crippen LogP) is -0.222. The maximum Gasteiger partial charge on any atom is 0.177 e. The monoisotopic (exact) mass is 273 g/mol. The number of aromatic carboxylic acids is 1. The molecule has 5 nitrogen and oxygen atoms in total. The maximum absolute atomic E-state index is 10.6. The molecule has 104 valence electrons. The van der Waals surface area contributed by atoms with Gasteiger partial charge in [0.05, 0.1) is 5.97 Å². The van der Waals surface area contributed by atoms with Crippen LogP contribution in [0.5, 0.6) is 5.75 Å². The van der Waals surface area contributed by atoms with Crippen molar-refractivity contribution in [1.82, 2.24) is 0 Å². The number of pyridine rings is 1. The summed E-state index contributed by atoms with van der Waals surface area (Å²) in [6.45, 7) is 0.486. The van der Waals surface area contributed by atoms with Crippen molar-refractivity contribution in [1.29, 1.82) is 0 Å². The van der Waals surface area contributed by atoms with Crippen LogP contribution in [0.4, 0.5) is 0 Å². The van der Waals surface area contributed by atoms with E-state index in [9.17, 15) is 15.0 Å². The molecule has 0 fully saturated rings. The van der Waals surface area contributed by atoms with Gasteiger partial charge in [-0.15, -0.1) is 0 Å². The van der Waals surface area contributed by atoms with Crippen LogP contribution in [0.3, 0.4) is 0 Å². The molecule has 1 atom stereocenters. The molecule has 1 aromatic heterocycles. The summed E-state index contributed by atoms with van der Waals surface area (Å²) >= 11 is 0. The Labute approximate surface area is 116 Å². The molecule has 20 heavy (non-hydrogen) atoms. The Kier molecular flexibility index (Phi) is 4.68. The van der Waals surface area contributed by atoms with E-state index in [1.165, 1.54) is 12.1 Å². The molecule has 0 aliphatic heterocycles. The SMILES string of the molecule is O=C([O-])c1cc[n+](CC(O)COc2ccccc2)cc1. The summed E-state index contributed by atoms with van der Waals surface area (Å²) < 4.78 is 7.12. The van der Waals surface area contributed by atoms with Crippen molar-refractivity contribution in [3.8, 4) is 5.75 Å². The number of aliphatic hydroxyl groups excluding tert-OH is 1. The maximum atomic E-state index is 10.6. The molecular weight excluding hydrogens is 258 g/mol. The van der Waals surface area contributed by atoms with E-state index in [4.69, 9.17) is 4.74 Å². The normalized spacial score (nSPS) is 11.8. The quantitative estimate of drug-likeness (QED) is 0.738. The van der Waals surface area contributed by atoms with E-state index in [1.807, 2.05) is 30.3 Å². The first-order chi connectivity index (χ1) is 9.65. The van der Waals surface area contributed by atoms with Crippen LogP contribution >= 0.6 is 0 Å². The van der Waals surface area contributed by atoms with E-state index in [2.05, 4.69) is 0 Å². The first-order valence-corrected chi connectivity index (χ1v) is 6.21. The van der Waals surface area contributed by atoms with Gasteiger partial charge in [-0.3, -0.25) is 0 Å². The molecule has 0 saturated carbocycles. The first-order valence-electron chi connectivity index (χ1n) is 6.21. The fourth-order valence-corrected chi connectivity index (χ4v) is 1.72. The van der Waals surface area contributed by atoms with Crippen molar-refractivity contribution in [2.75, 3.05) is 6.61 Å². The Morgan fingerprint density at radius 3 is 2.45 bits per heavy atom. The smallest absolute Gasteiger partial charge is 0.177 e. The lowest BCUT2D eigenvalue weighted by molar-refractivity contribution is -0.703. The van der Waals surface area contributed by atoms with Gasteiger partial charge in [-0.1, -0.05) is 18.2 Å². The number of carboxylic acid groups (broad SMARTS) is 1. The number of ether oxygens (including phenoxy) is 1. The Hall–Kier alpha value is -2.40. The number of carboxylic acids is 1. The van der Waals surface area contributed by atoms with Gasteiger partial charge in [0, 0.05) is 17.7 Å². The molecule has 0 bridgehead atoms. The van der Waals surface area contributed by atoms with E-state index in [0.29, 0.717) is 12.3 Å². The van der Waals surface area contributed by atoms with Crippen LogP contribution in [0.2, 0.25) is 0 Å². The summed E-state index contributed by atoms with van der Waals surface area (Å²) in [5.41, 5.74) is 0.108. The second-order valence-corrected chi connectivity index (χ2v) is 4.35. The Bertz CT molecular complexity index is 554. The van der Waals surface area contributed by atoms with Crippen LogP contribution in [0.25, 0.3) is 0 Å². The second kappa shape index (κ2) is 6.68. The lowest BCUT2D eigenvalue weighted by atomic mass is 10.2. The number of rotatable bonds is 6. The molecule has 0 saturated heterocycles. The Morgan fingerprint density at radius 1 is 1.20 bits per heavy atom. The summed E-state index contributed by atoms with van der Waals surface area (Å²) in [4.78, 5) is 10.6. The first kappa shape index (κ1) is 14.0. The van der Waals surface area contributed by atoms with Gasteiger partial charge in [-0.05, 0) is 12.1 Å². The molecule has 0 spiro atoms. The summed E-state index contributed by atoms with van der Waals surface area (Å²) in [5, 5.41) is 20.5. The van der Waals surface area contributed by atoms with Crippen molar-refractivity contribution >= 4 is 5.97 Å². The highest BCUT2D eigenvalue weighted by molar-refractivity contribution is 5.85. The largest absolute Gasteiger partial charge is 0.545 e. The molecular formula is C15H15NO4. The zero-order chi connectivity index (χ0) is 14.4. The number of para-hydroxylation sites is 1. The lowest BCUT2D eigenvalue weighted by Gasteiger charge is -2.10. The second-order valence-electron chi connectivity index (χ2n) is 4.35. The van der Waals surface area contributed by atoms with E-state index < -0.39 is 12.1 Å². The van der Waals surface area contributed by atoms with Crippen molar-refractivity contribution in [3.63, 3.8) is 0 Å². The summed E-state index contributed by atoms with van der Waals surface area (Å²) in [7, 11) is 0. The summed E-state index contributed by atoms with van der Waals surface area (Å²) in [5.74, 6) is -0.519. The molecule has 0 aliphatic rings. The third kappa shape index (κ3) is 4.07. The van der Waals surface area contributed by atoms with Crippen LogP contribution in [-0.4, -0.2) is 23.8 Å². The number of aliphatic hydroxyl groups is 1. The van der Waals surface area contributed by atoms with E-state index in [-0.39, 0.29) is 12.2 Å². The molecule has 1 heterocycles. The molecule has 2 aromatic rings. The number of aromatic nitrogens is 1. The molecule has 0 aliphatic carbocycles. The van der Waals surface area contributed by atoms with Crippen LogP contribution in [0, 0.1) is 0 Å². The van der Waals surface area contributed by atoms with Gasteiger partial charge in [0.2, 0.25) is 0 Å². The zero-order valence-corrected chi connectivity index (χ0v) is 10.8. The third-order valence-corrected chi connectivity index (χ3v) is 2.73. The minimum atomic E-state index is -1.22. The van der Waals surface area contributed by atoms with Crippen molar-refractivity contribution in [2.24, 2.45) is 0 Å². The lowest BCUT2D eigenvalue weighted by Crippen LogP contribution is -2.41. The van der Waals surface area contributed by atoms with Gasteiger partial charge in [0.1, 0.15) is 18.5 Å². The van der Waals surface area contributed by atoms with E-state index in [0.717, 1.165) is 0 Å². The highest BCUT2D eigenvalue weighted by atomic mass is 16.5. The van der Waals surface area contributed by atoms with Gasteiger partial charge in [-0.25, -0.2) is 4.57 Å². The summed E-state index contributed by atoms with van der Waals surface area (Å²) in [6.07, 6.45) is 2.47. The Balaban J connectivity index is 1.85. The molecule has 0 radical (unpaired) electrons. The summed E-state index contributed by atoms with van der Waals surface area (Å²) in [6, 6.07) is 12.1. The molecule has 1 unspecified atom stereocenters. The minimum Gasteiger partial charge on any atom is -0.545 e. The third-order valence-electron chi connectivity index (χ3n) is 2.73. The van der Waals surface area contributed by atoms with Crippen LogP contribution in [0.1, 0.15) is 10.4 Å². The highest BCUT2D eigenvalue weighted by Crippen LogP contribution is 2.08. The molecule has 1 N–H and O–H groups in total. The van der Waals surface area contributed by atoms with E-state index in [1.54, 1.807) is 17.0 Å². The van der Waals surface area contributed by atoms with Crippen molar-refractivity contribution in [2.45, 2.75) is 12.6 Å². The van der Waals surface area contributed by atoms with Crippen molar-refractivity contribution < 1.29 is 24.3 Å². The topological polar surface area (TPSA) is 73.5 Å². The Morgan fingerprint density at radius 2 is 1.85 bits per heavy atom. The van der Waals surface area contributed by atoms with E-state index >= 15 is 0 Å². The molecule has 1 aromatic carbocycles. The average molecular weight is 273 g/mol.